The van der Waals surface area contributed by atoms with Crippen LogP contribution in [-0.4, -0.2) is 128 Å². The van der Waals surface area contributed by atoms with E-state index in [1.165, 1.54) is 0 Å². The number of thiocarbonyl (C=S) groups is 2. The molecule has 78 heavy (non-hydrogen) atoms. The Bertz CT molecular complexity index is 2810. The van der Waals surface area contributed by atoms with E-state index in [2.05, 4.69) is 43.3 Å². The van der Waals surface area contributed by atoms with E-state index in [9.17, 15) is 28.8 Å². The summed E-state index contributed by atoms with van der Waals surface area (Å²) in [5.74, 6) is -0.798. The number of carbonyl (C=O) groups is 6. The molecule has 15 nitrogen and oxygen atoms in total. The van der Waals surface area contributed by atoms with Gasteiger partial charge in [0.1, 0.15) is 24.2 Å². The van der Waals surface area contributed by atoms with Gasteiger partial charge in [0.2, 0.25) is 29.5 Å². The van der Waals surface area contributed by atoms with Crippen LogP contribution in [0.25, 0.3) is 0 Å². The van der Waals surface area contributed by atoms with E-state index in [0.717, 1.165) is 39.3 Å². The van der Waals surface area contributed by atoms with Crippen LogP contribution in [0.3, 0.4) is 0 Å². The van der Waals surface area contributed by atoms with Crippen molar-refractivity contribution in [2.75, 3.05) is 25.6 Å². The highest BCUT2D eigenvalue weighted by Crippen LogP contribution is 2.49. The monoisotopic (exact) mass is 1140 g/mol. The Balaban J connectivity index is 0.887. The van der Waals surface area contributed by atoms with Crippen LogP contribution in [0.2, 0.25) is 0 Å². The van der Waals surface area contributed by atoms with Crippen molar-refractivity contribution in [3.63, 3.8) is 0 Å². The van der Waals surface area contributed by atoms with Gasteiger partial charge in [0.15, 0.2) is 5.78 Å². The number of amides is 5. The van der Waals surface area contributed by atoms with E-state index in [1.807, 2.05) is 110 Å². The largest absolute Gasteiger partial charge is 0.367 e. The molecule has 12 atom stereocenters. The summed E-state index contributed by atoms with van der Waals surface area (Å²) >= 11 is 14.7. The molecule has 0 aromatic heterocycles. The number of likely N-dealkylation sites (N-methyl/N-ethyl adjacent to an activating group) is 2. The molecule has 0 unspecified atom stereocenters. The summed E-state index contributed by atoms with van der Waals surface area (Å²) in [5, 5.41) is 22.4. The third-order valence-corrected chi connectivity index (χ3v) is 20.8. The molecule has 0 radical (unpaired) electrons. The van der Waals surface area contributed by atoms with Crippen LogP contribution in [0.15, 0.2) is 72.8 Å². The molecule has 4 heterocycles. The van der Waals surface area contributed by atoms with Crippen LogP contribution < -0.4 is 37.2 Å². The first-order chi connectivity index (χ1) is 37.2. The highest BCUT2D eigenvalue weighted by atomic mass is 32.2. The van der Waals surface area contributed by atoms with Gasteiger partial charge in [-0.25, -0.2) is 0 Å². The zero-order valence-corrected chi connectivity index (χ0v) is 49.4. The van der Waals surface area contributed by atoms with E-state index < -0.39 is 58.9 Å². The van der Waals surface area contributed by atoms with Gasteiger partial charge in [0.05, 0.1) is 50.8 Å². The Kier molecular flexibility index (Phi) is 17.8. The molecular weight excluding hydrogens is 1060 g/mol. The fourth-order valence-corrected chi connectivity index (χ4v) is 16.5. The van der Waals surface area contributed by atoms with E-state index in [-0.39, 0.29) is 64.7 Å². The van der Waals surface area contributed by atoms with Gasteiger partial charge in [-0.05, 0) is 129 Å². The molecule has 4 fully saturated rings. The van der Waals surface area contributed by atoms with Crippen LogP contribution in [0.4, 0.5) is 0 Å². The summed E-state index contributed by atoms with van der Waals surface area (Å²) in [6.07, 6.45) is 4.86. The SMILES string of the molecule is CN[C@@H](C)C(=S)N[C@H]1CCS[C@H]2CC(C)(C)[C@@H](C(=O)N[C@@H]3c4ccccc4CC[C@H]3C(=O)c3ccc(CNC(=O)[C@@H]4CCc5ccccc5[C@@H]4NC(=O)[C@H]4N5C(=O)[C@H](NC(=S)[C@H](C)NC)CCS[C@H]5CC4(C)C)cc3)N2C1=O. The average Bonchev–Trinajstić information content (AvgIpc) is 3.84. The second-order valence-corrected chi connectivity index (χ2v) is 26.9. The normalized spacial score (nSPS) is 28.7. The lowest BCUT2D eigenvalue weighted by Crippen LogP contribution is -2.58. The molecule has 5 amide bonds. The van der Waals surface area contributed by atoms with Crippen LogP contribution in [-0.2, 0) is 43.4 Å². The molecule has 0 saturated carbocycles. The summed E-state index contributed by atoms with van der Waals surface area (Å²) in [6, 6.07) is 19.0. The number of Topliss-reactive ketones (excluding diaryl/α,β-unsaturated/α-hetero) is 1. The minimum atomic E-state index is -0.765. The number of thioether (sulfide) groups is 2. The van der Waals surface area contributed by atoms with Crippen molar-refractivity contribution in [3.8, 4) is 0 Å². The predicted molar refractivity (Wildman–Crippen MR) is 317 cm³/mol. The highest BCUT2D eigenvalue weighted by molar-refractivity contribution is 8.00. The molecule has 19 heteroatoms. The number of nitrogens with zero attached hydrogens (tertiary/aromatic N) is 2. The zero-order valence-electron chi connectivity index (χ0n) is 46.1. The maximum absolute atomic E-state index is 14.9. The molecule has 0 bridgehead atoms. The number of hydrogen-bond donors (Lipinski definition) is 7. The predicted octanol–water partition coefficient (Wildman–Crippen LogP) is 6.29. The molecule has 418 valence electrons. The number of aryl methyl sites for hydroxylation is 2. The van der Waals surface area contributed by atoms with Gasteiger partial charge in [-0.1, -0.05) is 125 Å². The fourth-order valence-electron chi connectivity index (χ4n) is 12.8. The van der Waals surface area contributed by atoms with Gasteiger partial charge in [0.25, 0.3) is 0 Å². The highest BCUT2D eigenvalue weighted by Gasteiger charge is 2.57. The third-order valence-electron chi connectivity index (χ3n) is 17.4. The van der Waals surface area contributed by atoms with Crippen LogP contribution >= 0.6 is 48.0 Å². The van der Waals surface area contributed by atoms with Crippen molar-refractivity contribution >= 4 is 93.3 Å². The summed E-state index contributed by atoms with van der Waals surface area (Å²) in [5.41, 5.74) is 4.15. The van der Waals surface area contributed by atoms with Gasteiger partial charge in [-0.2, -0.15) is 0 Å². The first-order valence-electron chi connectivity index (χ1n) is 27.7. The van der Waals surface area contributed by atoms with Crippen molar-refractivity contribution in [2.45, 2.75) is 159 Å². The zero-order chi connectivity index (χ0) is 55.8. The lowest BCUT2D eigenvalue weighted by atomic mass is 9.75. The molecular formula is C59H77N9O6S4. The number of hydrogen-bond acceptors (Lipinski definition) is 12. The van der Waals surface area contributed by atoms with Crippen molar-refractivity contribution in [1.29, 1.82) is 0 Å². The smallest absolute Gasteiger partial charge is 0.246 e. The van der Waals surface area contributed by atoms with E-state index in [4.69, 9.17) is 24.4 Å². The molecule has 7 N–H and O–H groups in total. The number of ketones is 1. The molecule has 4 saturated heterocycles. The van der Waals surface area contributed by atoms with Crippen molar-refractivity contribution in [3.05, 3.63) is 106 Å². The summed E-state index contributed by atoms with van der Waals surface area (Å²) in [7, 11) is 3.65. The van der Waals surface area contributed by atoms with Gasteiger partial charge in [0, 0.05) is 18.0 Å². The second kappa shape index (κ2) is 24.0. The average molecular weight is 1140 g/mol. The van der Waals surface area contributed by atoms with Crippen LogP contribution in [0.1, 0.15) is 130 Å². The van der Waals surface area contributed by atoms with E-state index >= 15 is 0 Å². The van der Waals surface area contributed by atoms with Crippen molar-refractivity contribution in [2.24, 2.45) is 22.7 Å². The first-order valence-corrected chi connectivity index (χ1v) is 30.6. The quantitative estimate of drug-likeness (QED) is 0.0664. The van der Waals surface area contributed by atoms with Crippen LogP contribution in [0.5, 0.6) is 0 Å². The summed E-state index contributed by atoms with van der Waals surface area (Å²) in [4.78, 5) is 92.6. The minimum Gasteiger partial charge on any atom is -0.367 e. The lowest BCUT2D eigenvalue weighted by Gasteiger charge is -2.38. The minimum absolute atomic E-state index is 0.0953. The van der Waals surface area contributed by atoms with Gasteiger partial charge in [-0.15, -0.1) is 23.5 Å². The fraction of sp³-hybridized carbons (Fsp3) is 0.559. The molecule has 3 aromatic rings. The third kappa shape index (κ3) is 11.8. The maximum Gasteiger partial charge on any atom is 0.246 e. The van der Waals surface area contributed by atoms with Crippen molar-refractivity contribution < 1.29 is 28.8 Å². The molecule has 9 rings (SSSR count). The second-order valence-electron chi connectivity index (χ2n) is 23.5. The summed E-state index contributed by atoms with van der Waals surface area (Å²) < 4.78 is 0. The Hall–Kier alpha value is -4.92. The summed E-state index contributed by atoms with van der Waals surface area (Å²) in [6.45, 7) is 12.3. The Morgan fingerprint density at radius 3 is 1.50 bits per heavy atom. The number of benzene rings is 3. The molecule has 3 aromatic carbocycles. The van der Waals surface area contributed by atoms with E-state index in [0.29, 0.717) is 66.9 Å². The van der Waals surface area contributed by atoms with Gasteiger partial charge < -0.3 is 47.0 Å². The Labute approximate surface area is 479 Å². The molecule has 6 aliphatic rings. The number of nitrogens with one attached hydrogen (secondary N) is 7. The molecule has 2 aliphatic carbocycles. The van der Waals surface area contributed by atoms with Gasteiger partial charge in [-0.3, -0.25) is 28.8 Å². The first kappa shape index (κ1) is 57.8. The molecule has 0 spiro atoms. The number of rotatable bonds is 15. The standard InChI is InChI=1S/C59H77N9O6S4/c1-32(60-7)54(75)63-42-25-27-77-44-29-58(3,4)49(67(44)56(42)73)52(71)65-46-38-15-11-9-13-35(38)21-23-40(46)48(69)37-19-17-34(18-20-37)31-62-51(70)41-24-22-36-14-10-12-16-39(36)47(41)66-53(72)50-59(5,6)30-45-68(50)57(74)43(26-28-78-45)64-55(76)33(2)61-8/h9-20,32-33,40-47,49-50,60-61H,21-31H2,1-8H3,(H,62,70)(H,63,75)(H,64,76)(H,65,71)(H,66,72)/t32-,33-,40+,41+,42-,43+,44-,45-,46+,47-,49+,50+/m0/s1. The maximum atomic E-state index is 14.9. The van der Waals surface area contributed by atoms with Crippen molar-refractivity contribution in [1.82, 2.24) is 47.0 Å². The Morgan fingerprint density at radius 2 is 1.04 bits per heavy atom. The number of carbonyl (C=O) groups excluding carboxylic acids is 6. The lowest BCUT2D eigenvalue weighted by molar-refractivity contribution is -0.143. The topological polar surface area (TPSA) is 193 Å². The van der Waals surface area contributed by atoms with Gasteiger partial charge >= 0.3 is 0 Å². The molecule has 4 aliphatic heterocycles. The Morgan fingerprint density at radius 1 is 0.603 bits per heavy atom. The van der Waals surface area contributed by atoms with Crippen LogP contribution in [0, 0.1) is 22.7 Å². The number of fused-ring (bicyclic) bond motifs is 4. The van der Waals surface area contributed by atoms with E-state index in [1.54, 1.807) is 45.5 Å².